The van der Waals surface area contributed by atoms with E-state index in [1.165, 1.54) is 18.7 Å². The van der Waals surface area contributed by atoms with Gasteiger partial charge in [0.2, 0.25) is 5.91 Å². The van der Waals surface area contributed by atoms with E-state index in [9.17, 15) is 9.59 Å². The highest BCUT2D eigenvalue weighted by molar-refractivity contribution is 9.10. The van der Waals surface area contributed by atoms with Gasteiger partial charge in [0.05, 0.1) is 11.9 Å². The number of hydrogen-bond acceptors (Lipinski definition) is 5. The van der Waals surface area contributed by atoms with E-state index < -0.39 is 0 Å². The molecule has 0 radical (unpaired) electrons. The maximum Gasteiger partial charge on any atom is 0.256 e. The number of Topliss-reactive ketones (excluding diaryl/α,β-unsaturated/α-hetero) is 1. The molecule has 1 heterocycles. The molecular weight excluding hydrogens is 416 g/mol. The fourth-order valence-electron chi connectivity index (χ4n) is 2.21. The van der Waals surface area contributed by atoms with Crippen LogP contribution in [-0.2, 0) is 4.79 Å². The van der Waals surface area contributed by atoms with Gasteiger partial charge in [0.1, 0.15) is 0 Å². The average Bonchev–Trinajstić information content (AvgIpc) is 3.09. The number of rotatable bonds is 6. The lowest BCUT2D eigenvalue weighted by molar-refractivity contribution is -0.113. The Bertz CT molecular complexity index is 938. The number of nitrogens with one attached hydrogen (secondary N) is 1. The van der Waals surface area contributed by atoms with Crippen LogP contribution < -0.4 is 5.32 Å². The second kappa shape index (κ2) is 8.33. The Hall–Kier alpha value is -2.38. The lowest BCUT2D eigenvalue weighted by Gasteiger charge is -2.04. The van der Waals surface area contributed by atoms with Gasteiger partial charge in [-0.3, -0.25) is 9.59 Å². The lowest BCUT2D eigenvalue weighted by atomic mass is 10.1. The number of halogens is 1. The summed E-state index contributed by atoms with van der Waals surface area (Å²) in [6.07, 6.45) is 1.64. The van der Waals surface area contributed by atoms with Crippen LogP contribution in [0.15, 0.2) is 68.8 Å². The molecule has 1 amide bonds. The predicted octanol–water partition coefficient (Wildman–Crippen LogP) is 5.04. The number of oxazole rings is 1. The van der Waals surface area contributed by atoms with Crippen LogP contribution >= 0.6 is 27.7 Å². The van der Waals surface area contributed by atoms with Gasteiger partial charge in [-0.25, -0.2) is 4.98 Å². The van der Waals surface area contributed by atoms with E-state index >= 15 is 0 Å². The highest BCUT2D eigenvalue weighted by atomic mass is 79.9. The van der Waals surface area contributed by atoms with Gasteiger partial charge in [0, 0.05) is 21.3 Å². The number of anilines is 1. The van der Waals surface area contributed by atoms with Crippen LogP contribution in [0.1, 0.15) is 17.3 Å². The first-order chi connectivity index (χ1) is 12.5. The number of nitrogens with zero attached hydrogens (tertiary/aromatic N) is 1. The lowest BCUT2D eigenvalue weighted by Crippen LogP contribution is -2.14. The van der Waals surface area contributed by atoms with E-state index in [-0.39, 0.29) is 17.4 Å². The summed E-state index contributed by atoms with van der Waals surface area (Å²) in [5, 5.41) is 3.21. The Labute approximate surface area is 163 Å². The number of benzene rings is 2. The number of carbonyl (C=O) groups is 2. The van der Waals surface area contributed by atoms with Crippen molar-refractivity contribution >= 4 is 45.1 Å². The molecule has 0 aliphatic heterocycles. The molecule has 3 rings (SSSR count). The molecule has 7 heteroatoms. The van der Waals surface area contributed by atoms with Gasteiger partial charge in [-0.1, -0.05) is 39.8 Å². The summed E-state index contributed by atoms with van der Waals surface area (Å²) < 4.78 is 6.64. The average molecular weight is 431 g/mol. The minimum Gasteiger partial charge on any atom is -0.431 e. The van der Waals surface area contributed by atoms with Crippen molar-refractivity contribution in [2.24, 2.45) is 0 Å². The minimum absolute atomic E-state index is 0.0106. The zero-order valence-corrected chi connectivity index (χ0v) is 16.3. The predicted molar refractivity (Wildman–Crippen MR) is 105 cm³/mol. The monoisotopic (exact) mass is 430 g/mol. The fraction of sp³-hybridized carbons (Fsp3) is 0.105. The van der Waals surface area contributed by atoms with Gasteiger partial charge in [-0.15, -0.1) is 0 Å². The van der Waals surface area contributed by atoms with Crippen molar-refractivity contribution in [3.8, 4) is 11.3 Å². The summed E-state index contributed by atoms with van der Waals surface area (Å²) >= 11 is 4.64. The smallest absolute Gasteiger partial charge is 0.256 e. The molecule has 3 aromatic rings. The van der Waals surface area contributed by atoms with Crippen molar-refractivity contribution in [2.75, 3.05) is 11.1 Å². The third-order valence-corrected chi connectivity index (χ3v) is 4.83. The first-order valence-electron chi connectivity index (χ1n) is 7.77. The number of thioether (sulfide) groups is 1. The SMILES string of the molecule is CC(=O)c1ccc(NC(=O)CSc2ncc(-c3cccc(Br)c3)o2)cc1. The molecule has 0 spiro atoms. The quantitative estimate of drug-likeness (QED) is 0.438. The summed E-state index contributed by atoms with van der Waals surface area (Å²) in [7, 11) is 0. The van der Waals surface area contributed by atoms with Crippen molar-refractivity contribution < 1.29 is 14.0 Å². The number of hydrogen-bond donors (Lipinski definition) is 1. The van der Waals surface area contributed by atoms with E-state index in [2.05, 4.69) is 26.2 Å². The molecule has 0 aliphatic rings. The van der Waals surface area contributed by atoms with Crippen LogP contribution in [0.25, 0.3) is 11.3 Å². The van der Waals surface area contributed by atoms with E-state index in [0.717, 1.165) is 10.0 Å². The molecule has 0 fully saturated rings. The molecular formula is C19H15BrN2O3S. The van der Waals surface area contributed by atoms with Gasteiger partial charge in [-0.05, 0) is 43.3 Å². The molecule has 5 nitrogen and oxygen atoms in total. The standard InChI is InChI=1S/C19H15BrN2O3S/c1-12(23)13-5-7-16(8-6-13)22-18(24)11-26-19-21-10-17(25-19)14-3-2-4-15(20)9-14/h2-10H,11H2,1H3,(H,22,24). The fourth-order valence-corrected chi connectivity index (χ4v) is 3.21. The van der Waals surface area contributed by atoms with Crippen LogP contribution in [0.2, 0.25) is 0 Å². The van der Waals surface area contributed by atoms with E-state index in [1.54, 1.807) is 30.5 Å². The molecule has 0 saturated carbocycles. The summed E-state index contributed by atoms with van der Waals surface area (Å²) in [6, 6.07) is 14.5. The van der Waals surface area contributed by atoms with Crippen molar-refractivity contribution in [1.82, 2.24) is 4.98 Å². The van der Waals surface area contributed by atoms with Gasteiger partial charge in [0.25, 0.3) is 5.22 Å². The van der Waals surface area contributed by atoms with Gasteiger partial charge in [-0.2, -0.15) is 0 Å². The van der Waals surface area contributed by atoms with Crippen molar-refractivity contribution in [2.45, 2.75) is 12.1 Å². The van der Waals surface area contributed by atoms with Gasteiger partial charge >= 0.3 is 0 Å². The minimum atomic E-state index is -0.173. The molecule has 26 heavy (non-hydrogen) atoms. The summed E-state index contributed by atoms with van der Waals surface area (Å²) in [5.41, 5.74) is 2.16. The van der Waals surface area contributed by atoms with Crippen molar-refractivity contribution in [1.29, 1.82) is 0 Å². The highest BCUT2D eigenvalue weighted by Gasteiger charge is 2.10. The van der Waals surface area contributed by atoms with Crippen LogP contribution in [0.4, 0.5) is 5.69 Å². The zero-order chi connectivity index (χ0) is 18.5. The summed E-state index contributed by atoms with van der Waals surface area (Å²) in [5.74, 6) is 0.637. The normalized spacial score (nSPS) is 10.5. The van der Waals surface area contributed by atoms with Crippen molar-refractivity contribution in [3.63, 3.8) is 0 Å². The summed E-state index contributed by atoms with van der Waals surface area (Å²) in [4.78, 5) is 27.5. The van der Waals surface area contributed by atoms with Crippen LogP contribution in [-0.4, -0.2) is 22.4 Å². The number of ketones is 1. The maximum atomic E-state index is 12.1. The van der Waals surface area contributed by atoms with Crippen molar-refractivity contribution in [3.05, 3.63) is 64.8 Å². The van der Waals surface area contributed by atoms with Crippen LogP contribution in [0, 0.1) is 0 Å². The topological polar surface area (TPSA) is 72.2 Å². The van der Waals surface area contributed by atoms with Gasteiger partial charge < -0.3 is 9.73 Å². The Kier molecular flexibility index (Phi) is 5.90. The Balaban J connectivity index is 1.55. The molecule has 0 saturated heterocycles. The highest BCUT2D eigenvalue weighted by Crippen LogP contribution is 2.27. The maximum absolute atomic E-state index is 12.1. The number of amides is 1. The molecule has 2 aromatic carbocycles. The Morgan fingerprint density at radius 1 is 1.19 bits per heavy atom. The Morgan fingerprint density at radius 2 is 1.96 bits per heavy atom. The molecule has 0 atom stereocenters. The zero-order valence-electron chi connectivity index (χ0n) is 13.9. The van der Waals surface area contributed by atoms with Crippen LogP contribution in [0.5, 0.6) is 0 Å². The van der Waals surface area contributed by atoms with E-state index in [1.807, 2.05) is 24.3 Å². The molecule has 0 aliphatic carbocycles. The second-order valence-corrected chi connectivity index (χ2v) is 7.31. The second-order valence-electron chi connectivity index (χ2n) is 5.47. The third kappa shape index (κ3) is 4.83. The van der Waals surface area contributed by atoms with Crippen LogP contribution in [0.3, 0.4) is 0 Å². The largest absolute Gasteiger partial charge is 0.431 e. The molecule has 1 aromatic heterocycles. The molecule has 0 unspecified atom stereocenters. The first kappa shape index (κ1) is 18.4. The number of aromatic nitrogens is 1. The molecule has 0 bridgehead atoms. The molecule has 132 valence electrons. The third-order valence-electron chi connectivity index (χ3n) is 3.50. The number of carbonyl (C=O) groups excluding carboxylic acids is 2. The first-order valence-corrected chi connectivity index (χ1v) is 9.54. The van der Waals surface area contributed by atoms with E-state index in [0.29, 0.717) is 22.2 Å². The van der Waals surface area contributed by atoms with Gasteiger partial charge in [0.15, 0.2) is 11.5 Å². The molecule has 1 N–H and O–H groups in total. The van der Waals surface area contributed by atoms with E-state index in [4.69, 9.17) is 4.42 Å². The summed E-state index contributed by atoms with van der Waals surface area (Å²) in [6.45, 7) is 1.50. The Morgan fingerprint density at radius 3 is 2.65 bits per heavy atom.